The zero-order valence-corrected chi connectivity index (χ0v) is 13.5. The van der Waals surface area contributed by atoms with Crippen LogP contribution in [-0.2, 0) is 10.2 Å². The van der Waals surface area contributed by atoms with E-state index in [0.717, 1.165) is 45.9 Å². The lowest BCUT2D eigenvalue weighted by Gasteiger charge is -2.25. The molecule has 0 spiro atoms. The van der Waals surface area contributed by atoms with E-state index in [2.05, 4.69) is 25.8 Å². The molecule has 2 heterocycles. The Morgan fingerprint density at radius 2 is 2.10 bits per heavy atom. The maximum absolute atomic E-state index is 6.33. The van der Waals surface area contributed by atoms with Crippen LogP contribution in [0.2, 0.25) is 5.02 Å². The van der Waals surface area contributed by atoms with E-state index in [4.69, 9.17) is 20.8 Å². The molecule has 0 N–H and O–H groups in total. The molecule has 20 heavy (non-hydrogen) atoms. The molecule has 1 aromatic carbocycles. The number of oxazole rings is 1. The highest BCUT2D eigenvalue weighted by Gasteiger charge is 2.24. The second-order valence-electron chi connectivity index (χ2n) is 6.21. The molecule has 1 aromatic heterocycles. The number of ether oxygens (including phenoxy) is 1. The summed E-state index contributed by atoms with van der Waals surface area (Å²) >= 11 is 8.07. The van der Waals surface area contributed by atoms with E-state index in [-0.39, 0.29) is 5.41 Å². The van der Waals surface area contributed by atoms with Crippen molar-refractivity contribution < 1.29 is 9.15 Å². The molecule has 0 saturated carbocycles. The van der Waals surface area contributed by atoms with Gasteiger partial charge in [0.15, 0.2) is 5.58 Å². The average Bonchev–Trinajstić information content (AvgIpc) is 2.73. The Morgan fingerprint density at radius 3 is 2.70 bits per heavy atom. The zero-order chi connectivity index (χ0) is 14.3. The van der Waals surface area contributed by atoms with Gasteiger partial charge in [-0.2, -0.15) is 0 Å². The number of fused-ring (bicyclic) bond motifs is 1. The monoisotopic (exact) mass is 311 g/mol. The van der Waals surface area contributed by atoms with E-state index >= 15 is 0 Å². The Morgan fingerprint density at radius 1 is 1.35 bits per heavy atom. The summed E-state index contributed by atoms with van der Waals surface area (Å²) in [4.78, 5) is 5.58. The van der Waals surface area contributed by atoms with Crippen molar-refractivity contribution in [3.63, 3.8) is 0 Å². The van der Waals surface area contributed by atoms with Gasteiger partial charge in [-0.05, 0) is 12.1 Å². The number of nitrogens with zero attached hydrogens (tertiary/aromatic N) is 1. The van der Waals surface area contributed by atoms with E-state index < -0.39 is 0 Å². The molecule has 1 saturated heterocycles. The number of benzene rings is 1. The standard InChI is InChI=1S/C15H18ClNO2S/c1-15(2,3)14-17-11-5-4-10(16)13(12(11)19-14)20-8-9-6-18-7-9/h4-5,9H,6-8H2,1-3H3. The van der Waals surface area contributed by atoms with Crippen molar-refractivity contribution in [3.05, 3.63) is 23.0 Å². The molecule has 1 fully saturated rings. The van der Waals surface area contributed by atoms with Crippen molar-refractivity contribution in [2.75, 3.05) is 19.0 Å². The molecule has 2 aromatic rings. The summed E-state index contributed by atoms with van der Waals surface area (Å²) in [7, 11) is 0. The van der Waals surface area contributed by atoms with Crippen molar-refractivity contribution in [1.82, 2.24) is 4.98 Å². The van der Waals surface area contributed by atoms with E-state index in [1.807, 2.05) is 12.1 Å². The molecule has 0 aliphatic carbocycles. The summed E-state index contributed by atoms with van der Waals surface area (Å²) in [5.41, 5.74) is 1.59. The highest BCUT2D eigenvalue weighted by atomic mass is 35.5. The topological polar surface area (TPSA) is 35.3 Å². The molecule has 0 amide bonds. The van der Waals surface area contributed by atoms with Crippen LogP contribution in [0.15, 0.2) is 21.4 Å². The minimum absolute atomic E-state index is 0.102. The van der Waals surface area contributed by atoms with Crippen LogP contribution in [-0.4, -0.2) is 24.0 Å². The summed E-state index contributed by atoms with van der Waals surface area (Å²) in [6.45, 7) is 7.99. The fraction of sp³-hybridized carbons (Fsp3) is 0.533. The molecular formula is C15H18ClNO2S. The second-order valence-corrected chi connectivity index (χ2v) is 7.65. The SMILES string of the molecule is CC(C)(C)c1nc2ccc(Cl)c(SCC3COC3)c2o1. The minimum atomic E-state index is -0.102. The molecule has 0 bridgehead atoms. The number of hydrogen-bond acceptors (Lipinski definition) is 4. The molecular weight excluding hydrogens is 294 g/mol. The summed E-state index contributed by atoms with van der Waals surface area (Å²) in [6.07, 6.45) is 0. The van der Waals surface area contributed by atoms with Crippen LogP contribution in [0.5, 0.6) is 0 Å². The fourth-order valence-corrected chi connectivity index (χ4v) is 3.37. The highest BCUT2D eigenvalue weighted by Crippen LogP contribution is 2.38. The molecule has 1 aliphatic heterocycles. The predicted molar refractivity (Wildman–Crippen MR) is 82.8 cm³/mol. The fourth-order valence-electron chi connectivity index (χ4n) is 1.98. The normalized spacial score (nSPS) is 16.6. The molecule has 108 valence electrons. The van der Waals surface area contributed by atoms with Crippen molar-refractivity contribution in [2.45, 2.75) is 31.1 Å². The average molecular weight is 312 g/mol. The number of thioether (sulfide) groups is 1. The van der Waals surface area contributed by atoms with Crippen molar-refractivity contribution in [3.8, 4) is 0 Å². The molecule has 3 nitrogen and oxygen atoms in total. The number of aromatic nitrogens is 1. The van der Waals surface area contributed by atoms with E-state index in [9.17, 15) is 0 Å². The van der Waals surface area contributed by atoms with Gasteiger partial charge < -0.3 is 9.15 Å². The lowest BCUT2D eigenvalue weighted by molar-refractivity contribution is -0.0196. The van der Waals surface area contributed by atoms with Gasteiger partial charge in [-0.25, -0.2) is 4.98 Å². The Bertz CT molecular complexity index is 629. The predicted octanol–water partition coefficient (Wildman–Crippen LogP) is 4.52. The number of halogens is 1. The lowest BCUT2D eigenvalue weighted by atomic mass is 9.97. The van der Waals surface area contributed by atoms with Gasteiger partial charge in [0.05, 0.1) is 23.1 Å². The van der Waals surface area contributed by atoms with Crippen LogP contribution >= 0.6 is 23.4 Å². The van der Waals surface area contributed by atoms with Gasteiger partial charge in [0.25, 0.3) is 0 Å². The first-order chi connectivity index (χ1) is 9.45. The van der Waals surface area contributed by atoms with Crippen LogP contribution < -0.4 is 0 Å². The summed E-state index contributed by atoms with van der Waals surface area (Å²) in [5, 5.41) is 0.736. The van der Waals surface area contributed by atoms with Gasteiger partial charge in [0.2, 0.25) is 5.89 Å². The lowest BCUT2D eigenvalue weighted by Crippen LogP contribution is -2.29. The van der Waals surface area contributed by atoms with Crippen molar-refractivity contribution in [1.29, 1.82) is 0 Å². The number of hydrogen-bond donors (Lipinski definition) is 0. The highest BCUT2D eigenvalue weighted by molar-refractivity contribution is 7.99. The van der Waals surface area contributed by atoms with Gasteiger partial charge >= 0.3 is 0 Å². The molecule has 5 heteroatoms. The molecule has 0 unspecified atom stereocenters. The molecule has 3 rings (SSSR count). The quantitative estimate of drug-likeness (QED) is 0.781. The third-order valence-electron chi connectivity index (χ3n) is 3.28. The summed E-state index contributed by atoms with van der Waals surface area (Å²) in [5.74, 6) is 2.38. The van der Waals surface area contributed by atoms with E-state index in [1.165, 1.54) is 0 Å². The van der Waals surface area contributed by atoms with Gasteiger partial charge in [0.1, 0.15) is 5.52 Å². The Labute approximate surface area is 128 Å². The van der Waals surface area contributed by atoms with E-state index in [0.29, 0.717) is 5.92 Å². The largest absolute Gasteiger partial charge is 0.439 e. The summed E-state index contributed by atoms with van der Waals surface area (Å²) in [6, 6.07) is 3.82. The molecule has 0 radical (unpaired) electrons. The zero-order valence-electron chi connectivity index (χ0n) is 11.9. The van der Waals surface area contributed by atoms with Crippen LogP contribution in [0.25, 0.3) is 11.1 Å². The van der Waals surface area contributed by atoms with Crippen molar-refractivity contribution >= 4 is 34.5 Å². The van der Waals surface area contributed by atoms with Gasteiger partial charge in [0, 0.05) is 17.1 Å². The van der Waals surface area contributed by atoms with Crippen LogP contribution in [0.4, 0.5) is 0 Å². The van der Waals surface area contributed by atoms with Gasteiger partial charge in [-0.3, -0.25) is 0 Å². The maximum Gasteiger partial charge on any atom is 0.200 e. The minimum Gasteiger partial charge on any atom is -0.439 e. The van der Waals surface area contributed by atoms with Crippen molar-refractivity contribution in [2.24, 2.45) is 5.92 Å². The third-order valence-corrected chi connectivity index (χ3v) is 5.04. The van der Waals surface area contributed by atoms with Crippen LogP contribution in [0, 0.1) is 5.92 Å². The third kappa shape index (κ3) is 2.69. The summed E-state index contributed by atoms with van der Waals surface area (Å²) < 4.78 is 11.2. The number of rotatable bonds is 3. The smallest absolute Gasteiger partial charge is 0.200 e. The first-order valence-electron chi connectivity index (χ1n) is 6.75. The second kappa shape index (κ2) is 5.24. The Balaban J connectivity index is 1.95. The first-order valence-corrected chi connectivity index (χ1v) is 8.11. The van der Waals surface area contributed by atoms with Crippen LogP contribution in [0.3, 0.4) is 0 Å². The first kappa shape index (κ1) is 14.2. The van der Waals surface area contributed by atoms with E-state index in [1.54, 1.807) is 11.8 Å². The molecule has 1 aliphatic rings. The molecule has 0 atom stereocenters. The Kier molecular flexibility index (Phi) is 3.73. The Hall–Kier alpha value is -0.710. The van der Waals surface area contributed by atoms with Gasteiger partial charge in [-0.15, -0.1) is 11.8 Å². The van der Waals surface area contributed by atoms with Gasteiger partial charge in [-0.1, -0.05) is 32.4 Å². The van der Waals surface area contributed by atoms with Crippen LogP contribution in [0.1, 0.15) is 26.7 Å². The maximum atomic E-state index is 6.33.